The largest absolute Gasteiger partial charge is 0.333 e. The lowest BCUT2D eigenvalue weighted by atomic mass is 10.1. The van der Waals surface area contributed by atoms with Crippen LogP contribution in [0.5, 0.6) is 0 Å². The van der Waals surface area contributed by atoms with Gasteiger partial charge < -0.3 is 4.98 Å². The number of hydrogen-bond donors (Lipinski definition) is 1. The zero-order chi connectivity index (χ0) is 12.3. The van der Waals surface area contributed by atoms with Crippen LogP contribution in [0.2, 0.25) is 0 Å². The third-order valence-electron chi connectivity index (χ3n) is 2.62. The van der Waals surface area contributed by atoms with Gasteiger partial charge in [0.25, 0.3) is 0 Å². The maximum atomic E-state index is 8.73. The first kappa shape index (κ1) is 12.0. The zero-order valence-electron chi connectivity index (χ0n) is 10.0. The van der Waals surface area contributed by atoms with Crippen molar-refractivity contribution in [3.05, 3.63) is 23.8 Å². The van der Waals surface area contributed by atoms with Crippen molar-refractivity contribution in [2.75, 3.05) is 5.75 Å². The van der Waals surface area contributed by atoms with Crippen LogP contribution in [0.4, 0.5) is 0 Å². The molecule has 88 valence electrons. The first-order valence-corrected chi connectivity index (χ1v) is 6.72. The molecule has 3 nitrogen and oxygen atoms in total. The molecule has 0 bridgehead atoms. The van der Waals surface area contributed by atoms with Gasteiger partial charge in [0.15, 0.2) is 5.16 Å². The van der Waals surface area contributed by atoms with Crippen LogP contribution in [-0.4, -0.2) is 15.7 Å². The molecule has 0 spiro atoms. The number of nitrogens with zero attached hydrogens (tertiary/aromatic N) is 2. The summed E-state index contributed by atoms with van der Waals surface area (Å²) >= 11 is 1.60. The molecule has 0 saturated heterocycles. The Labute approximate surface area is 105 Å². The third kappa shape index (κ3) is 2.80. The highest BCUT2D eigenvalue weighted by molar-refractivity contribution is 7.99. The maximum Gasteiger partial charge on any atom is 0.166 e. The van der Waals surface area contributed by atoms with E-state index in [1.54, 1.807) is 11.8 Å². The number of hydrogen-bond acceptors (Lipinski definition) is 3. The Morgan fingerprint density at radius 1 is 1.53 bits per heavy atom. The summed E-state index contributed by atoms with van der Waals surface area (Å²) in [6.45, 7) is 4.06. The SMILES string of the molecule is CCc1ccc2nc(SCC(C)C#N)[nH]c2c1. The van der Waals surface area contributed by atoms with Gasteiger partial charge >= 0.3 is 0 Å². The van der Waals surface area contributed by atoms with Crippen molar-refractivity contribution in [1.29, 1.82) is 5.26 Å². The molecular formula is C13H15N3S. The van der Waals surface area contributed by atoms with Crippen molar-refractivity contribution >= 4 is 22.8 Å². The van der Waals surface area contributed by atoms with Crippen molar-refractivity contribution in [2.45, 2.75) is 25.4 Å². The standard InChI is InChI=1S/C13H15N3S/c1-3-10-4-5-11-12(6-10)16-13(15-11)17-8-9(2)7-14/h4-6,9H,3,8H2,1-2H3,(H,15,16). The summed E-state index contributed by atoms with van der Waals surface area (Å²) in [7, 11) is 0. The number of benzene rings is 1. The summed E-state index contributed by atoms with van der Waals surface area (Å²) in [6.07, 6.45) is 1.03. The van der Waals surface area contributed by atoms with Crippen LogP contribution in [0.15, 0.2) is 23.4 Å². The van der Waals surface area contributed by atoms with Gasteiger partial charge in [-0.1, -0.05) is 24.8 Å². The highest BCUT2D eigenvalue weighted by atomic mass is 32.2. The van der Waals surface area contributed by atoms with Crippen LogP contribution in [0.1, 0.15) is 19.4 Å². The summed E-state index contributed by atoms with van der Waals surface area (Å²) in [6, 6.07) is 8.51. The highest BCUT2D eigenvalue weighted by Gasteiger charge is 2.06. The van der Waals surface area contributed by atoms with Gasteiger partial charge in [0.2, 0.25) is 0 Å². The highest BCUT2D eigenvalue weighted by Crippen LogP contribution is 2.22. The molecule has 0 fully saturated rings. The summed E-state index contributed by atoms with van der Waals surface area (Å²) < 4.78 is 0. The lowest BCUT2D eigenvalue weighted by molar-refractivity contribution is 0.860. The number of rotatable bonds is 4. The molecule has 2 aromatic rings. The molecule has 2 rings (SSSR count). The van der Waals surface area contributed by atoms with E-state index in [9.17, 15) is 0 Å². The van der Waals surface area contributed by atoms with E-state index in [1.807, 2.05) is 13.0 Å². The van der Waals surface area contributed by atoms with Gasteiger partial charge in [-0.05, 0) is 31.0 Å². The Balaban J connectivity index is 2.17. The number of aromatic amines is 1. The van der Waals surface area contributed by atoms with Crippen molar-refractivity contribution < 1.29 is 0 Å². The van der Waals surface area contributed by atoms with Crippen LogP contribution in [0.3, 0.4) is 0 Å². The van der Waals surface area contributed by atoms with E-state index < -0.39 is 0 Å². The first-order chi connectivity index (χ1) is 8.22. The molecule has 1 atom stereocenters. The minimum absolute atomic E-state index is 0.0550. The van der Waals surface area contributed by atoms with Crippen molar-refractivity contribution in [1.82, 2.24) is 9.97 Å². The zero-order valence-corrected chi connectivity index (χ0v) is 10.8. The fourth-order valence-corrected chi connectivity index (χ4v) is 2.39. The van der Waals surface area contributed by atoms with Gasteiger partial charge in [-0.2, -0.15) is 5.26 Å². The van der Waals surface area contributed by atoms with Crippen molar-refractivity contribution in [3.63, 3.8) is 0 Å². The molecular weight excluding hydrogens is 230 g/mol. The van der Waals surface area contributed by atoms with Crippen LogP contribution in [0, 0.1) is 17.2 Å². The lowest BCUT2D eigenvalue weighted by Crippen LogP contribution is -1.93. The van der Waals surface area contributed by atoms with Crippen LogP contribution in [0.25, 0.3) is 11.0 Å². The minimum Gasteiger partial charge on any atom is -0.333 e. The Bertz CT molecular complexity index is 553. The fourth-order valence-electron chi connectivity index (χ4n) is 1.56. The number of fused-ring (bicyclic) bond motifs is 1. The number of aromatic nitrogens is 2. The average molecular weight is 245 g/mol. The quantitative estimate of drug-likeness (QED) is 0.840. The van der Waals surface area contributed by atoms with Gasteiger partial charge in [-0.3, -0.25) is 0 Å². The third-order valence-corrected chi connectivity index (χ3v) is 3.76. The second-order valence-corrected chi connectivity index (χ2v) is 5.10. The monoisotopic (exact) mass is 245 g/mol. The molecule has 1 heterocycles. The Hall–Kier alpha value is -1.47. The predicted molar refractivity (Wildman–Crippen MR) is 71.0 cm³/mol. The fraction of sp³-hybridized carbons (Fsp3) is 0.385. The van der Waals surface area contributed by atoms with E-state index in [4.69, 9.17) is 5.26 Å². The second-order valence-electron chi connectivity index (χ2n) is 4.09. The smallest absolute Gasteiger partial charge is 0.166 e. The molecule has 1 N–H and O–H groups in total. The Kier molecular flexibility index (Phi) is 3.70. The van der Waals surface area contributed by atoms with Gasteiger partial charge in [0.05, 0.1) is 23.0 Å². The Morgan fingerprint density at radius 2 is 2.35 bits per heavy atom. The lowest BCUT2D eigenvalue weighted by Gasteiger charge is -1.97. The summed E-state index contributed by atoms with van der Waals surface area (Å²) in [5.41, 5.74) is 3.38. The number of aryl methyl sites for hydroxylation is 1. The molecule has 0 amide bonds. The number of imidazole rings is 1. The van der Waals surface area contributed by atoms with Gasteiger partial charge in [-0.15, -0.1) is 0 Å². The second kappa shape index (κ2) is 5.24. The molecule has 0 aliphatic heterocycles. The summed E-state index contributed by atoms with van der Waals surface area (Å²) in [5, 5.41) is 9.63. The van der Waals surface area contributed by atoms with Gasteiger partial charge in [0.1, 0.15) is 0 Å². The molecule has 0 radical (unpaired) electrons. The molecule has 0 saturated carbocycles. The minimum atomic E-state index is 0.0550. The maximum absolute atomic E-state index is 8.73. The molecule has 1 aromatic heterocycles. The number of H-pyrrole nitrogens is 1. The molecule has 17 heavy (non-hydrogen) atoms. The first-order valence-electron chi connectivity index (χ1n) is 5.74. The van der Waals surface area contributed by atoms with E-state index in [2.05, 4.69) is 35.1 Å². The molecule has 1 aromatic carbocycles. The van der Waals surface area contributed by atoms with Crippen LogP contribution in [-0.2, 0) is 6.42 Å². The average Bonchev–Trinajstić information content (AvgIpc) is 2.77. The van der Waals surface area contributed by atoms with Crippen LogP contribution < -0.4 is 0 Å². The summed E-state index contributed by atoms with van der Waals surface area (Å²) in [4.78, 5) is 7.78. The normalized spacial score (nSPS) is 12.5. The van der Waals surface area contributed by atoms with Crippen LogP contribution >= 0.6 is 11.8 Å². The number of thioether (sulfide) groups is 1. The number of nitrogens with one attached hydrogen (secondary N) is 1. The Morgan fingerprint density at radius 3 is 3.06 bits per heavy atom. The molecule has 0 aliphatic rings. The topological polar surface area (TPSA) is 52.5 Å². The van der Waals surface area contributed by atoms with E-state index in [0.717, 1.165) is 28.4 Å². The molecule has 1 unspecified atom stereocenters. The number of nitriles is 1. The predicted octanol–water partition coefficient (Wildman–Crippen LogP) is 3.38. The molecule has 0 aliphatic carbocycles. The van der Waals surface area contributed by atoms with E-state index >= 15 is 0 Å². The van der Waals surface area contributed by atoms with Crippen molar-refractivity contribution in [2.24, 2.45) is 5.92 Å². The van der Waals surface area contributed by atoms with E-state index in [1.165, 1.54) is 5.56 Å². The van der Waals surface area contributed by atoms with Crippen molar-refractivity contribution in [3.8, 4) is 6.07 Å². The summed E-state index contributed by atoms with van der Waals surface area (Å²) in [5.74, 6) is 0.830. The molecule has 4 heteroatoms. The van der Waals surface area contributed by atoms with Gasteiger partial charge in [-0.25, -0.2) is 4.98 Å². The van der Waals surface area contributed by atoms with Gasteiger partial charge in [0, 0.05) is 5.75 Å². The van der Waals surface area contributed by atoms with E-state index in [-0.39, 0.29) is 5.92 Å². The van der Waals surface area contributed by atoms with E-state index in [0.29, 0.717) is 0 Å².